The molecule has 0 saturated heterocycles. The second kappa shape index (κ2) is 22.1. The first kappa shape index (κ1) is 34.7. The SMILES string of the molecule is C=C(N)c1nc(CC)c(C)nc1Nc1cccc(CCC)c1.C=C/C=C/CN(C)C.C=CN.CNC. The lowest BCUT2D eigenvalue weighted by Gasteiger charge is -2.14. The monoisotopic (exact) mass is 495 g/mol. The molecule has 36 heavy (non-hydrogen) atoms. The van der Waals surface area contributed by atoms with Crippen LogP contribution in [0.1, 0.15) is 42.9 Å². The highest BCUT2D eigenvalue weighted by molar-refractivity contribution is 5.71. The predicted octanol–water partition coefficient (Wildman–Crippen LogP) is 5.19. The number of nitrogens with zero attached hydrogens (tertiary/aromatic N) is 3. The Morgan fingerprint density at radius 3 is 2.22 bits per heavy atom. The third kappa shape index (κ3) is 16.2. The van der Waals surface area contributed by atoms with Gasteiger partial charge < -0.3 is 27.0 Å². The fraction of sp³-hybridized carbons (Fsp3) is 0.379. The number of hydrogen-bond acceptors (Lipinski definition) is 7. The summed E-state index contributed by atoms with van der Waals surface area (Å²) >= 11 is 0. The molecule has 0 aliphatic carbocycles. The van der Waals surface area contributed by atoms with Crippen molar-refractivity contribution >= 4 is 17.2 Å². The number of aromatic nitrogens is 2. The highest BCUT2D eigenvalue weighted by atomic mass is 15.0. The molecule has 6 N–H and O–H groups in total. The molecule has 0 atom stereocenters. The normalized spacial score (nSPS) is 9.67. The number of hydrogen-bond donors (Lipinski definition) is 4. The molecule has 2 rings (SSSR count). The molecule has 7 nitrogen and oxygen atoms in total. The Labute approximate surface area is 220 Å². The summed E-state index contributed by atoms with van der Waals surface area (Å²) in [6.07, 6.45) is 10.0. The molecule has 0 saturated carbocycles. The molecule has 200 valence electrons. The Balaban J connectivity index is 0. The molecule has 7 heteroatoms. The van der Waals surface area contributed by atoms with Crippen molar-refractivity contribution in [2.45, 2.75) is 40.0 Å². The number of benzene rings is 1. The van der Waals surface area contributed by atoms with Gasteiger partial charge in [-0.2, -0.15) is 0 Å². The number of rotatable bonds is 9. The molecule has 0 unspecified atom stereocenters. The van der Waals surface area contributed by atoms with E-state index < -0.39 is 0 Å². The van der Waals surface area contributed by atoms with Gasteiger partial charge in [0.25, 0.3) is 0 Å². The molecule has 0 aliphatic rings. The molecular formula is C29H49N7. The summed E-state index contributed by atoms with van der Waals surface area (Å²) in [5, 5.41) is 6.08. The van der Waals surface area contributed by atoms with Gasteiger partial charge in [0.1, 0.15) is 5.69 Å². The molecule has 0 bridgehead atoms. The van der Waals surface area contributed by atoms with Gasteiger partial charge in [-0.1, -0.05) is 70.4 Å². The van der Waals surface area contributed by atoms with E-state index >= 15 is 0 Å². The molecule has 0 fully saturated rings. The van der Waals surface area contributed by atoms with Crippen LogP contribution < -0.4 is 22.1 Å². The van der Waals surface area contributed by atoms with Crippen molar-refractivity contribution in [2.75, 3.05) is 40.1 Å². The summed E-state index contributed by atoms with van der Waals surface area (Å²) in [7, 11) is 7.82. The third-order valence-corrected chi connectivity index (χ3v) is 4.28. The van der Waals surface area contributed by atoms with Gasteiger partial charge in [-0.05, 0) is 71.9 Å². The van der Waals surface area contributed by atoms with Crippen molar-refractivity contribution in [1.82, 2.24) is 20.2 Å². The number of aryl methyl sites for hydroxylation is 3. The highest BCUT2D eigenvalue weighted by Crippen LogP contribution is 2.23. The van der Waals surface area contributed by atoms with Crippen LogP contribution in [0, 0.1) is 6.92 Å². The largest absolute Gasteiger partial charge is 0.405 e. The molecule has 1 heterocycles. The minimum atomic E-state index is 0.425. The number of allylic oxidation sites excluding steroid dienone is 2. The van der Waals surface area contributed by atoms with Crippen LogP contribution in [0.4, 0.5) is 11.5 Å². The molecule has 1 aromatic carbocycles. The number of nitrogens with two attached hydrogens (primary N) is 2. The summed E-state index contributed by atoms with van der Waals surface area (Å²) in [5.74, 6) is 0.663. The topological polar surface area (TPSA) is 105 Å². The minimum absolute atomic E-state index is 0.425. The first-order valence-corrected chi connectivity index (χ1v) is 12.2. The second-order valence-electron chi connectivity index (χ2n) is 8.07. The van der Waals surface area contributed by atoms with E-state index in [1.807, 2.05) is 53.3 Å². The zero-order valence-corrected chi connectivity index (χ0v) is 23.6. The van der Waals surface area contributed by atoms with Crippen molar-refractivity contribution in [3.63, 3.8) is 0 Å². The first-order valence-electron chi connectivity index (χ1n) is 12.2. The average Bonchev–Trinajstić information content (AvgIpc) is 2.81. The van der Waals surface area contributed by atoms with Crippen LogP contribution in [0.3, 0.4) is 0 Å². The molecule has 1 aromatic heterocycles. The smallest absolute Gasteiger partial charge is 0.158 e. The maximum atomic E-state index is 5.88. The van der Waals surface area contributed by atoms with Crippen LogP contribution in [-0.4, -0.2) is 49.6 Å². The number of likely N-dealkylation sites (N-methyl/N-ethyl adjacent to an activating group) is 1. The van der Waals surface area contributed by atoms with Crippen LogP contribution in [0.5, 0.6) is 0 Å². The van der Waals surface area contributed by atoms with E-state index in [4.69, 9.17) is 5.73 Å². The highest BCUT2D eigenvalue weighted by Gasteiger charge is 2.12. The molecule has 2 aromatic rings. The van der Waals surface area contributed by atoms with E-state index in [0.29, 0.717) is 17.2 Å². The number of anilines is 2. The summed E-state index contributed by atoms with van der Waals surface area (Å²) in [5.41, 5.74) is 15.7. The molecule has 0 radical (unpaired) electrons. The van der Waals surface area contributed by atoms with Crippen molar-refractivity contribution in [3.05, 3.63) is 91.1 Å². The maximum absolute atomic E-state index is 5.88. The number of nitrogens with one attached hydrogen (secondary N) is 2. The summed E-state index contributed by atoms with van der Waals surface area (Å²) < 4.78 is 0. The summed E-state index contributed by atoms with van der Waals surface area (Å²) in [4.78, 5) is 11.3. The Morgan fingerprint density at radius 2 is 1.75 bits per heavy atom. The van der Waals surface area contributed by atoms with Crippen LogP contribution in [0.15, 0.2) is 68.4 Å². The molecule has 0 amide bonds. The Morgan fingerprint density at radius 1 is 1.14 bits per heavy atom. The van der Waals surface area contributed by atoms with E-state index in [0.717, 1.165) is 42.9 Å². The zero-order chi connectivity index (χ0) is 27.9. The van der Waals surface area contributed by atoms with Gasteiger partial charge in [-0.15, -0.1) is 0 Å². The first-order chi connectivity index (χ1) is 17.1. The maximum Gasteiger partial charge on any atom is 0.158 e. The third-order valence-electron chi connectivity index (χ3n) is 4.28. The minimum Gasteiger partial charge on any atom is -0.405 e. The lowest BCUT2D eigenvalue weighted by atomic mass is 10.1. The van der Waals surface area contributed by atoms with Gasteiger partial charge in [-0.3, -0.25) is 0 Å². The van der Waals surface area contributed by atoms with E-state index in [9.17, 15) is 0 Å². The summed E-state index contributed by atoms with van der Waals surface area (Å²) in [6, 6.07) is 8.34. The van der Waals surface area contributed by atoms with Crippen LogP contribution in [-0.2, 0) is 12.8 Å². The van der Waals surface area contributed by atoms with Gasteiger partial charge >= 0.3 is 0 Å². The molecule has 0 spiro atoms. The lowest BCUT2D eigenvalue weighted by Crippen LogP contribution is -2.10. The predicted molar refractivity (Wildman–Crippen MR) is 160 cm³/mol. The van der Waals surface area contributed by atoms with Gasteiger partial charge in [0.05, 0.1) is 17.1 Å². The van der Waals surface area contributed by atoms with E-state index in [-0.39, 0.29) is 0 Å². The van der Waals surface area contributed by atoms with E-state index in [1.54, 1.807) is 6.08 Å². The fourth-order valence-electron chi connectivity index (χ4n) is 2.80. The zero-order valence-electron chi connectivity index (χ0n) is 23.6. The fourth-order valence-corrected chi connectivity index (χ4v) is 2.80. The quantitative estimate of drug-likeness (QED) is 0.355. The van der Waals surface area contributed by atoms with Gasteiger partial charge in [0, 0.05) is 12.2 Å². The van der Waals surface area contributed by atoms with Crippen LogP contribution >= 0.6 is 0 Å². The Hall–Kier alpha value is -3.42. The van der Waals surface area contributed by atoms with Crippen molar-refractivity contribution in [1.29, 1.82) is 0 Å². The van der Waals surface area contributed by atoms with Crippen LogP contribution in [0.25, 0.3) is 5.70 Å². The van der Waals surface area contributed by atoms with Crippen molar-refractivity contribution in [3.8, 4) is 0 Å². The van der Waals surface area contributed by atoms with Gasteiger partial charge in [-0.25, -0.2) is 9.97 Å². The standard InChI is InChI=1S/C18H24N4.C7H13N.C2H7N.C2H5N/c1-5-8-14-9-7-10-15(11-14)21-18-17(12(3)19)22-16(6-2)13(4)20-18;1-4-5-6-7-8(2)3;1-3-2;1-2-3/h7,9-11H,3,5-6,8,19H2,1-2,4H3,(H,20,21);4-6H,1,7H2,2-3H3;3H,1-2H3;2H,1,3H2/b;6-5+;;. The average molecular weight is 496 g/mol. The van der Waals surface area contributed by atoms with Gasteiger partial charge in [0.15, 0.2) is 5.82 Å². The molecule has 0 aliphatic heterocycles. The summed E-state index contributed by atoms with van der Waals surface area (Å²) in [6.45, 7) is 17.7. The Kier molecular flexibility index (Phi) is 21.3. The van der Waals surface area contributed by atoms with Crippen molar-refractivity contribution in [2.24, 2.45) is 11.5 Å². The van der Waals surface area contributed by atoms with E-state index in [2.05, 4.69) is 83.0 Å². The van der Waals surface area contributed by atoms with Crippen LogP contribution in [0.2, 0.25) is 0 Å². The lowest BCUT2D eigenvalue weighted by molar-refractivity contribution is 0.456. The van der Waals surface area contributed by atoms with Gasteiger partial charge in [0.2, 0.25) is 0 Å². The second-order valence-corrected chi connectivity index (χ2v) is 8.07. The Bertz CT molecular complexity index is 918. The molecular weight excluding hydrogens is 446 g/mol. The van der Waals surface area contributed by atoms with Crippen molar-refractivity contribution < 1.29 is 0 Å². The van der Waals surface area contributed by atoms with E-state index in [1.165, 1.54) is 11.8 Å².